The molecule has 10 heteroatoms. The van der Waals surface area contributed by atoms with Gasteiger partial charge in [0.25, 0.3) is 15.7 Å². The summed E-state index contributed by atoms with van der Waals surface area (Å²) in [5.41, 5.74) is 0.242. The molecule has 1 amide bonds. The van der Waals surface area contributed by atoms with Crippen molar-refractivity contribution in [1.82, 2.24) is 0 Å². The van der Waals surface area contributed by atoms with Crippen molar-refractivity contribution in [3.05, 3.63) is 52.6 Å². The molecule has 144 valence electrons. The van der Waals surface area contributed by atoms with Crippen LogP contribution in [0.25, 0.3) is 0 Å². The van der Waals surface area contributed by atoms with Gasteiger partial charge in [0.05, 0.1) is 21.2 Å². The normalized spacial score (nSPS) is 11.3. The summed E-state index contributed by atoms with van der Waals surface area (Å²) in [6.45, 7) is 3.47. The van der Waals surface area contributed by atoms with Crippen molar-refractivity contribution in [2.24, 2.45) is 5.92 Å². The lowest BCUT2D eigenvalue weighted by Gasteiger charge is -2.14. The zero-order valence-electron chi connectivity index (χ0n) is 14.9. The molecule has 0 aliphatic heterocycles. The Morgan fingerprint density at radius 1 is 1.19 bits per heavy atom. The lowest BCUT2D eigenvalue weighted by molar-refractivity contribution is -0.384. The van der Waals surface area contributed by atoms with Crippen molar-refractivity contribution in [3.8, 4) is 0 Å². The predicted octanol–water partition coefficient (Wildman–Crippen LogP) is 3.71. The molecule has 0 aliphatic carbocycles. The predicted molar refractivity (Wildman–Crippen MR) is 106 cm³/mol. The summed E-state index contributed by atoms with van der Waals surface area (Å²) in [5, 5.41) is 13.6. The van der Waals surface area contributed by atoms with Crippen LogP contribution < -0.4 is 10.0 Å². The molecule has 0 saturated carbocycles. The van der Waals surface area contributed by atoms with E-state index >= 15 is 0 Å². The fraction of sp³-hybridized carbons (Fsp3) is 0.235. The van der Waals surface area contributed by atoms with Crippen molar-refractivity contribution in [3.63, 3.8) is 0 Å². The number of hydrogen-bond donors (Lipinski definition) is 2. The summed E-state index contributed by atoms with van der Waals surface area (Å²) < 4.78 is 27.6. The van der Waals surface area contributed by atoms with E-state index in [0.29, 0.717) is 5.69 Å². The van der Waals surface area contributed by atoms with Crippen LogP contribution >= 0.6 is 11.8 Å². The fourth-order valence-electron chi connectivity index (χ4n) is 2.13. The van der Waals surface area contributed by atoms with Crippen LogP contribution in [0.2, 0.25) is 0 Å². The molecule has 0 radical (unpaired) electrons. The average molecular weight is 409 g/mol. The maximum atomic E-state index is 12.7. The highest BCUT2D eigenvalue weighted by molar-refractivity contribution is 7.98. The molecule has 0 aromatic heterocycles. The highest BCUT2D eigenvalue weighted by Gasteiger charge is 2.19. The molecule has 0 bridgehead atoms. The summed E-state index contributed by atoms with van der Waals surface area (Å²) in [5.74, 6) is -0.491. The molecule has 2 N–H and O–H groups in total. The molecule has 27 heavy (non-hydrogen) atoms. The number of hydrogen-bond acceptors (Lipinski definition) is 6. The topological polar surface area (TPSA) is 118 Å². The molecule has 0 fully saturated rings. The number of nitro groups is 1. The lowest BCUT2D eigenvalue weighted by Crippen LogP contribution is -2.19. The van der Waals surface area contributed by atoms with E-state index in [-0.39, 0.29) is 28.1 Å². The number of nitrogens with zero attached hydrogens (tertiary/aromatic N) is 1. The van der Waals surface area contributed by atoms with Gasteiger partial charge in [0, 0.05) is 22.9 Å². The van der Waals surface area contributed by atoms with Crippen molar-refractivity contribution in [2.45, 2.75) is 23.6 Å². The van der Waals surface area contributed by atoms with Gasteiger partial charge in [-0.15, -0.1) is 11.8 Å². The summed E-state index contributed by atoms with van der Waals surface area (Å²) in [7, 11) is -3.99. The second kappa shape index (κ2) is 8.40. The Labute approximate surface area is 161 Å². The number of rotatable bonds is 7. The minimum Gasteiger partial charge on any atom is -0.325 e. The third-order valence-electron chi connectivity index (χ3n) is 3.57. The summed E-state index contributed by atoms with van der Waals surface area (Å²) in [6, 6.07) is 9.59. The van der Waals surface area contributed by atoms with E-state index < -0.39 is 14.9 Å². The molecule has 0 heterocycles. The van der Waals surface area contributed by atoms with Crippen LogP contribution in [0.5, 0.6) is 0 Å². The number of carbonyl (C=O) groups is 1. The SMILES string of the molecule is CSc1ccc(S(=O)(=O)Nc2cccc([N+](=O)[O-])c2)cc1NC(=O)C(C)C. The van der Waals surface area contributed by atoms with E-state index in [0.717, 1.165) is 11.0 Å². The van der Waals surface area contributed by atoms with Gasteiger partial charge >= 0.3 is 0 Å². The maximum Gasteiger partial charge on any atom is 0.271 e. The highest BCUT2D eigenvalue weighted by Crippen LogP contribution is 2.29. The molecule has 0 saturated heterocycles. The van der Waals surface area contributed by atoms with Gasteiger partial charge in [0.1, 0.15) is 0 Å². The molecule has 2 rings (SSSR count). The standard InChI is InChI=1S/C17H19N3O5S2/c1-11(2)17(21)18-15-10-14(7-8-16(15)26-3)27(24,25)19-12-5-4-6-13(9-12)20(22)23/h4-11,19H,1-3H3,(H,18,21). The summed E-state index contributed by atoms with van der Waals surface area (Å²) in [6.07, 6.45) is 1.82. The second-order valence-corrected chi connectivity index (χ2v) is 8.45. The number of thioether (sulfide) groups is 1. The molecule has 0 unspecified atom stereocenters. The van der Waals surface area contributed by atoms with E-state index in [1.807, 2.05) is 6.26 Å². The molecule has 0 atom stereocenters. The quantitative estimate of drug-likeness (QED) is 0.409. The molecule has 2 aromatic carbocycles. The number of carbonyl (C=O) groups excluding carboxylic acids is 1. The maximum absolute atomic E-state index is 12.7. The van der Waals surface area contributed by atoms with Gasteiger partial charge in [-0.25, -0.2) is 8.42 Å². The van der Waals surface area contributed by atoms with Crippen molar-refractivity contribution in [1.29, 1.82) is 0 Å². The number of non-ortho nitro benzene ring substituents is 1. The van der Waals surface area contributed by atoms with Gasteiger partial charge < -0.3 is 5.32 Å². The van der Waals surface area contributed by atoms with Crippen molar-refractivity contribution >= 4 is 44.8 Å². The molecule has 2 aromatic rings. The molecule has 0 aliphatic rings. The van der Waals surface area contributed by atoms with Crippen LogP contribution in [0.3, 0.4) is 0 Å². The van der Waals surface area contributed by atoms with Gasteiger partial charge in [0.2, 0.25) is 5.91 Å². The van der Waals surface area contributed by atoms with Crippen LogP contribution in [0.15, 0.2) is 52.3 Å². The van der Waals surface area contributed by atoms with Gasteiger partial charge in [0.15, 0.2) is 0 Å². The summed E-state index contributed by atoms with van der Waals surface area (Å²) >= 11 is 1.37. The number of nitro benzene ring substituents is 1. The number of anilines is 2. The minimum absolute atomic E-state index is 0.0640. The fourth-order valence-corrected chi connectivity index (χ4v) is 3.74. The zero-order valence-corrected chi connectivity index (χ0v) is 16.6. The number of nitrogens with one attached hydrogen (secondary N) is 2. The first-order chi connectivity index (χ1) is 12.6. The Hall–Kier alpha value is -2.59. The lowest BCUT2D eigenvalue weighted by atomic mass is 10.2. The highest BCUT2D eigenvalue weighted by atomic mass is 32.2. The third-order valence-corrected chi connectivity index (χ3v) is 5.75. The largest absolute Gasteiger partial charge is 0.325 e. The number of sulfonamides is 1. The Kier molecular flexibility index (Phi) is 6.45. The first-order valence-corrected chi connectivity index (χ1v) is 10.6. The second-order valence-electron chi connectivity index (χ2n) is 5.92. The Bertz CT molecular complexity index is 974. The first-order valence-electron chi connectivity index (χ1n) is 7.90. The van der Waals surface area contributed by atoms with Crippen molar-refractivity contribution < 1.29 is 18.1 Å². The van der Waals surface area contributed by atoms with E-state index in [9.17, 15) is 23.3 Å². The number of amides is 1. The van der Waals surface area contributed by atoms with E-state index in [4.69, 9.17) is 0 Å². The van der Waals surface area contributed by atoms with Crippen LogP contribution in [-0.4, -0.2) is 25.5 Å². The van der Waals surface area contributed by atoms with Crippen LogP contribution in [-0.2, 0) is 14.8 Å². The van der Waals surface area contributed by atoms with Crippen LogP contribution in [0.1, 0.15) is 13.8 Å². The van der Waals surface area contributed by atoms with Gasteiger partial charge in [-0.05, 0) is 30.5 Å². The summed E-state index contributed by atoms with van der Waals surface area (Å²) in [4.78, 5) is 22.9. The van der Waals surface area contributed by atoms with E-state index in [1.165, 1.54) is 42.1 Å². The monoisotopic (exact) mass is 409 g/mol. The molecule has 8 nitrogen and oxygen atoms in total. The third kappa shape index (κ3) is 5.20. The smallest absolute Gasteiger partial charge is 0.271 e. The van der Waals surface area contributed by atoms with Crippen LogP contribution in [0.4, 0.5) is 17.1 Å². The minimum atomic E-state index is -3.99. The Balaban J connectivity index is 2.36. The van der Waals surface area contributed by atoms with Crippen molar-refractivity contribution in [2.75, 3.05) is 16.3 Å². The van der Waals surface area contributed by atoms with Gasteiger partial charge in [-0.1, -0.05) is 19.9 Å². The Morgan fingerprint density at radius 3 is 2.48 bits per heavy atom. The number of benzene rings is 2. The molecular weight excluding hydrogens is 390 g/mol. The van der Waals surface area contributed by atoms with E-state index in [1.54, 1.807) is 19.9 Å². The molecular formula is C17H19N3O5S2. The first kappa shape index (κ1) is 20.7. The Morgan fingerprint density at radius 2 is 1.89 bits per heavy atom. The van der Waals surface area contributed by atoms with Crippen LogP contribution in [0, 0.1) is 16.0 Å². The van der Waals surface area contributed by atoms with Gasteiger partial charge in [-0.3, -0.25) is 19.6 Å². The molecule has 0 spiro atoms. The van der Waals surface area contributed by atoms with E-state index in [2.05, 4.69) is 10.0 Å². The average Bonchev–Trinajstić information content (AvgIpc) is 2.61. The zero-order chi connectivity index (χ0) is 20.2. The van der Waals surface area contributed by atoms with Gasteiger partial charge in [-0.2, -0.15) is 0 Å².